The van der Waals surface area contributed by atoms with Crippen LogP contribution >= 0.6 is 0 Å². The molecule has 2 aromatic rings. The second kappa shape index (κ2) is 5.57. The number of para-hydroxylation sites is 1. The van der Waals surface area contributed by atoms with Crippen molar-refractivity contribution < 1.29 is 17.9 Å². The van der Waals surface area contributed by atoms with Gasteiger partial charge in [-0.1, -0.05) is 12.1 Å². The summed E-state index contributed by atoms with van der Waals surface area (Å²) in [5, 5.41) is -0.0397. The van der Waals surface area contributed by atoms with Crippen molar-refractivity contribution in [2.24, 2.45) is 0 Å². The average Bonchev–Trinajstić information content (AvgIpc) is 2.93. The molecule has 112 valence electrons. The number of anilines is 1. The van der Waals surface area contributed by atoms with E-state index < -0.39 is 16.0 Å². The Morgan fingerprint density at radius 3 is 2.57 bits per heavy atom. The number of aromatic amines is 1. The van der Waals surface area contributed by atoms with Crippen LogP contribution in [0.4, 0.5) is 5.69 Å². The van der Waals surface area contributed by atoms with Crippen LogP contribution in [0.25, 0.3) is 0 Å². The summed E-state index contributed by atoms with van der Waals surface area (Å²) in [6.45, 7) is 1.65. The lowest BCUT2D eigenvalue weighted by Crippen LogP contribution is -2.28. The third-order valence-electron chi connectivity index (χ3n) is 2.97. The van der Waals surface area contributed by atoms with E-state index in [2.05, 4.69) is 14.7 Å². The minimum absolute atomic E-state index is 0.0397. The van der Waals surface area contributed by atoms with Gasteiger partial charge in [-0.05, 0) is 19.1 Å². The number of nitrogens with one attached hydrogen (secondary N) is 1. The molecule has 0 fully saturated rings. The SMILES string of the molecule is COC(=O)c1ccccc1N(C)S(=O)(=O)c1cnc(C)[nH]1. The number of aromatic nitrogens is 2. The zero-order valence-electron chi connectivity index (χ0n) is 11.8. The Morgan fingerprint density at radius 2 is 2.00 bits per heavy atom. The van der Waals surface area contributed by atoms with Crippen molar-refractivity contribution in [3.63, 3.8) is 0 Å². The van der Waals surface area contributed by atoms with Crippen LogP contribution in [-0.4, -0.2) is 38.5 Å². The van der Waals surface area contributed by atoms with Gasteiger partial charge < -0.3 is 9.72 Å². The summed E-state index contributed by atoms with van der Waals surface area (Å²) < 4.78 is 30.7. The van der Waals surface area contributed by atoms with Gasteiger partial charge in [-0.15, -0.1) is 0 Å². The van der Waals surface area contributed by atoms with Gasteiger partial charge in [-0.2, -0.15) is 8.42 Å². The number of ether oxygens (including phenoxy) is 1. The minimum Gasteiger partial charge on any atom is -0.465 e. The van der Waals surface area contributed by atoms with Gasteiger partial charge >= 0.3 is 5.97 Å². The summed E-state index contributed by atoms with van der Waals surface area (Å²) in [6, 6.07) is 6.32. The van der Waals surface area contributed by atoms with Gasteiger partial charge in [0.25, 0.3) is 10.0 Å². The van der Waals surface area contributed by atoms with E-state index in [1.54, 1.807) is 19.1 Å². The highest BCUT2D eigenvalue weighted by Gasteiger charge is 2.26. The fraction of sp³-hybridized carbons (Fsp3) is 0.231. The Labute approximate surface area is 122 Å². The number of rotatable bonds is 4. The molecule has 7 nitrogen and oxygen atoms in total. The third kappa shape index (κ3) is 2.75. The lowest BCUT2D eigenvalue weighted by Gasteiger charge is -2.20. The molecule has 0 spiro atoms. The highest BCUT2D eigenvalue weighted by Crippen LogP contribution is 2.25. The molecule has 21 heavy (non-hydrogen) atoms. The summed E-state index contributed by atoms with van der Waals surface area (Å²) in [7, 11) is -1.22. The molecule has 0 amide bonds. The molecule has 1 aromatic carbocycles. The van der Waals surface area contributed by atoms with Gasteiger partial charge in [0.05, 0.1) is 24.6 Å². The fourth-order valence-corrected chi connectivity index (χ4v) is 3.01. The normalized spacial score (nSPS) is 11.2. The molecule has 1 heterocycles. The molecule has 0 aliphatic heterocycles. The van der Waals surface area contributed by atoms with Crippen molar-refractivity contribution in [1.29, 1.82) is 0 Å². The summed E-state index contributed by atoms with van der Waals surface area (Å²) >= 11 is 0. The molecular weight excluding hydrogens is 294 g/mol. The second-order valence-electron chi connectivity index (χ2n) is 4.31. The van der Waals surface area contributed by atoms with Crippen molar-refractivity contribution in [3.8, 4) is 0 Å². The highest BCUT2D eigenvalue weighted by molar-refractivity contribution is 7.92. The number of esters is 1. The van der Waals surface area contributed by atoms with Crippen LogP contribution in [0.5, 0.6) is 0 Å². The van der Waals surface area contributed by atoms with E-state index in [0.717, 1.165) is 4.31 Å². The molecule has 0 aliphatic carbocycles. The maximum Gasteiger partial charge on any atom is 0.340 e. The number of methoxy groups -OCH3 is 1. The van der Waals surface area contributed by atoms with E-state index in [9.17, 15) is 13.2 Å². The molecule has 0 saturated heterocycles. The quantitative estimate of drug-likeness (QED) is 0.860. The Hall–Kier alpha value is -2.35. The predicted octanol–water partition coefficient (Wildman–Crippen LogP) is 1.33. The second-order valence-corrected chi connectivity index (χ2v) is 6.25. The lowest BCUT2D eigenvalue weighted by atomic mass is 10.2. The monoisotopic (exact) mass is 309 g/mol. The fourth-order valence-electron chi connectivity index (χ4n) is 1.84. The van der Waals surface area contributed by atoms with Gasteiger partial charge in [0, 0.05) is 7.05 Å². The summed E-state index contributed by atoms with van der Waals surface area (Å²) in [6.07, 6.45) is 1.24. The van der Waals surface area contributed by atoms with E-state index in [0.29, 0.717) is 5.82 Å². The number of sulfonamides is 1. The van der Waals surface area contributed by atoms with Crippen molar-refractivity contribution >= 4 is 21.7 Å². The van der Waals surface area contributed by atoms with Gasteiger partial charge in [0.15, 0.2) is 5.03 Å². The van der Waals surface area contributed by atoms with Crippen molar-refractivity contribution in [3.05, 3.63) is 41.9 Å². The number of carbonyl (C=O) groups is 1. The number of hydrogen-bond acceptors (Lipinski definition) is 5. The number of nitrogens with zero attached hydrogens (tertiary/aromatic N) is 2. The number of carbonyl (C=O) groups excluding carboxylic acids is 1. The highest BCUT2D eigenvalue weighted by atomic mass is 32.2. The molecule has 1 aromatic heterocycles. The number of H-pyrrole nitrogens is 1. The van der Waals surface area contributed by atoms with Gasteiger partial charge in [-0.25, -0.2) is 9.78 Å². The first-order valence-corrected chi connectivity index (χ1v) is 7.50. The summed E-state index contributed by atoms with van der Waals surface area (Å²) in [5.41, 5.74) is 0.402. The lowest BCUT2D eigenvalue weighted by molar-refractivity contribution is 0.0601. The van der Waals surface area contributed by atoms with Crippen LogP contribution in [0.15, 0.2) is 35.5 Å². The first-order chi connectivity index (χ1) is 9.87. The smallest absolute Gasteiger partial charge is 0.340 e. The molecule has 0 atom stereocenters. The molecule has 0 unspecified atom stereocenters. The topological polar surface area (TPSA) is 92.4 Å². The van der Waals surface area contributed by atoms with Crippen LogP contribution in [0.3, 0.4) is 0 Å². The predicted molar refractivity (Wildman–Crippen MR) is 76.7 cm³/mol. The number of aryl methyl sites for hydroxylation is 1. The van der Waals surface area contributed by atoms with Crippen LogP contribution in [0.2, 0.25) is 0 Å². The van der Waals surface area contributed by atoms with Crippen LogP contribution in [0.1, 0.15) is 16.2 Å². The zero-order chi connectivity index (χ0) is 15.6. The van der Waals surface area contributed by atoms with E-state index >= 15 is 0 Å². The molecule has 2 rings (SSSR count). The average molecular weight is 309 g/mol. The maximum atomic E-state index is 12.5. The molecule has 0 radical (unpaired) electrons. The summed E-state index contributed by atoms with van der Waals surface area (Å²) in [5.74, 6) is -0.114. The largest absolute Gasteiger partial charge is 0.465 e. The van der Waals surface area contributed by atoms with E-state index in [1.165, 1.54) is 32.5 Å². The van der Waals surface area contributed by atoms with Crippen LogP contribution in [0, 0.1) is 6.92 Å². The van der Waals surface area contributed by atoms with Crippen LogP contribution in [-0.2, 0) is 14.8 Å². The zero-order valence-corrected chi connectivity index (χ0v) is 12.6. The Kier molecular flexibility index (Phi) is 3.99. The third-order valence-corrected chi connectivity index (χ3v) is 4.65. The van der Waals surface area contributed by atoms with Gasteiger partial charge in [0.2, 0.25) is 0 Å². The van der Waals surface area contributed by atoms with Gasteiger partial charge in [0.1, 0.15) is 5.82 Å². The first-order valence-electron chi connectivity index (χ1n) is 6.06. The van der Waals surface area contributed by atoms with E-state index in [1.807, 2.05) is 0 Å². The number of imidazole rings is 1. The van der Waals surface area contributed by atoms with Crippen molar-refractivity contribution in [1.82, 2.24) is 9.97 Å². The van der Waals surface area contributed by atoms with Crippen LogP contribution < -0.4 is 4.31 Å². The molecule has 1 N–H and O–H groups in total. The molecule has 0 saturated carbocycles. The Bertz CT molecular complexity index is 767. The summed E-state index contributed by atoms with van der Waals surface area (Å²) in [4.78, 5) is 18.3. The number of benzene rings is 1. The molecular formula is C13H15N3O4S. The van der Waals surface area contributed by atoms with Crippen molar-refractivity contribution in [2.45, 2.75) is 11.9 Å². The molecule has 0 bridgehead atoms. The molecule has 8 heteroatoms. The van der Waals surface area contributed by atoms with Crippen molar-refractivity contribution in [2.75, 3.05) is 18.5 Å². The maximum absolute atomic E-state index is 12.5. The minimum atomic E-state index is -3.83. The first kappa shape index (κ1) is 15.0. The number of hydrogen-bond donors (Lipinski definition) is 1. The van der Waals surface area contributed by atoms with E-state index in [-0.39, 0.29) is 16.3 Å². The van der Waals surface area contributed by atoms with Gasteiger partial charge in [-0.3, -0.25) is 4.31 Å². The molecule has 0 aliphatic rings. The Morgan fingerprint density at radius 1 is 1.33 bits per heavy atom. The van der Waals surface area contributed by atoms with E-state index in [4.69, 9.17) is 0 Å². The standard InChI is InChI=1S/C13H15N3O4S/c1-9-14-8-12(15-9)21(18,19)16(2)11-7-5-4-6-10(11)13(17)20-3/h4-8H,1-3H3,(H,14,15). The Balaban J connectivity index is 2.50.